The average molecular weight is 250 g/mol. The van der Waals surface area contributed by atoms with E-state index in [0.29, 0.717) is 11.2 Å². The first-order valence-corrected chi connectivity index (χ1v) is 5.80. The van der Waals surface area contributed by atoms with Crippen molar-refractivity contribution in [2.45, 2.75) is 0 Å². The number of fused-ring (bicyclic) bond motifs is 1. The van der Waals surface area contributed by atoms with Gasteiger partial charge in [-0.3, -0.25) is 0 Å². The van der Waals surface area contributed by atoms with Crippen LogP contribution in [-0.2, 0) is 0 Å². The minimum absolute atomic E-state index is 0.287. The number of carbonyl (C=O) groups is 1. The maximum atomic E-state index is 11.2. The molecule has 1 N–H and O–H groups in total. The summed E-state index contributed by atoms with van der Waals surface area (Å²) in [6, 6.07) is 12.5. The summed E-state index contributed by atoms with van der Waals surface area (Å²) in [5, 5.41) is 10.7. The first-order chi connectivity index (χ1) is 9.27. The number of aromatic carboxylic acids is 1. The summed E-state index contributed by atoms with van der Waals surface area (Å²) in [5.41, 5.74) is 1.12. The molecule has 0 amide bonds. The molecule has 0 saturated heterocycles. The largest absolute Gasteiger partial charge is 0.478 e. The van der Waals surface area contributed by atoms with Gasteiger partial charge in [0.15, 0.2) is 5.82 Å². The molecule has 3 rings (SSSR count). The van der Waals surface area contributed by atoms with Crippen LogP contribution in [0.4, 0.5) is 0 Å². The highest BCUT2D eigenvalue weighted by Crippen LogP contribution is 2.28. The molecule has 2 aromatic carbocycles. The zero-order chi connectivity index (χ0) is 13.2. The van der Waals surface area contributed by atoms with Crippen LogP contribution in [0, 0.1) is 0 Å². The molecule has 1 heterocycles. The van der Waals surface area contributed by atoms with E-state index < -0.39 is 5.97 Å². The average Bonchev–Trinajstić information content (AvgIpc) is 2.46. The molecule has 92 valence electrons. The van der Waals surface area contributed by atoms with Crippen LogP contribution in [0.2, 0.25) is 0 Å². The molecule has 0 atom stereocenters. The third kappa shape index (κ3) is 1.93. The maximum Gasteiger partial charge on any atom is 0.336 e. The lowest BCUT2D eigenvalue weighted by Crippen LogP contribution is -1.98. The van der Waals surface area contributed by atoms with Crippen LogP contribution in [0.5, 0.6) is 0 Å². The highest BCUT2D eigenvalue weighted by molar-refractivity contribution is 6.07. The normalized spacial score (nSPS) is 10.5. The maximum absolute atomic E-state index is 11.2. The van der Waals surface area contributed by atoms with Crippen LogP contribution < -0.4 is 0 Å². The first kappa shape index (κ1) is 11.3. The zero-order valence-electron chi connectivity index (χ0n) is 9.95. The highest BCUT2D eigenvalue weighted by atomic mass is 16.4. The van der Waals surface area contributed by atoms with Crippen molar-refractivity contribution in [3.05, 3.63) is 60.4 Å². The van der Waals surface area contributed by atoms with Crippen molar-refractivity contribution in [3.63, 3.8) is 0 Å². The minimum Gasteiger partial charge on any atom is -0.478 e. The number of nitrogens with zero attached hydrogens (tertiary/aromatic N) is 2. The summed E-state index contributed by atoms with van der Waals surface area (Å²) in [5.74, 6) is -0.340. The SMILES string of the molecule is O=C(O)c1cccc2c(-c3ncccn3)cccc12. The van der Waals surface area contributed by atoms with Gasteiger partial charge in [-0.15, -0.1) is 0 Å². The van der Waals surface area contributed by atoms with E-state index in [-0.39, 0.29) is 5.56 Å². The van der Waals surface area contributed by atoms with Crippen molar-refractivity contribution in [2.24, 2.45) is 0 Å². The van der Waals surface area contributed by atoms with E-state index in [1.165, 1.54) is 0 Å². The van der Waals surface area contributed by atoms with Gasteiger partial charge in [0.25, 0.3) is 0 Å². The number of rotatable bonds is 2. The number of hydrogen-bond acceptors (Lipinski definition) is 3. The van der Waals surface area contributed by atoms with Crippen molar-refractivity contribution in [2.75, 3.05) is 0 Å². The molecule has 4 heteroatoms. The van der Waals surface area contributed by atoms with Gasteiger partial charge in [0.05, 0.1) is 5.56 Å². The molecule has 3 aromatic rings. The number of hydrogen-bond donors (Lipinski definition) is 1. The van der Waals surface area contributed by atoms with E-state index in [9.17, 15) is 9.90 Å². The van der Waals surface area contributed by atoms with Gasteiger partial charge in [0.1, 0.15) is 0 Å². The van der Waals surface area contributed by atoms with Gasteiger partial charge in [-0.05, 0) is 22.9 Å². The third-order valence-electron chi connectivity index (χ3n) is 2.96. The molecule has 0 unspecified atom stereocenters. The predicted octanol–water partition coefficient (Wildman–Crippen LogP) is 3.00. The molecule has 0 aliphatic rings. The van der Waals surface area contributed by atoms with Gasteiger partial charge in [0.2, 0.25) is 0 Å². The fourth-order valence-corrected chi connectivity index (χ4v) is 2.13. The van der Waals surface area contributed by atoms with E-state index in [0.717, 1.165) is 10.9 Å². The van der Waals surface area contributed by atoms with Crippen molar-refractivity contribution < 1.29 is 9.90 Å². The van der Waals surface area contributed by atoms with Gasteiger partial charge in [-0.1, -0.05) is 30.3 Å². The van der Waals surface area contributed by atoms with Crippen LogP contribution in [0.15, 0.2) is 54.9 Å². The number of carboxylic acids is 1. The second-order valence-corrected chi connectivity index (χ2v) is 4.08. The van der Waals surface area contributed by atoms with Crippen LogP contribution >= 0.6 is 0 Å². The quantitative estimate of drug-likeness (QED) is 0.759. The standard InChI is InChI=1S/C15H10N2O2/c18-15(19)13-7-2-4-10-11(13)5-1-6-12(10)14-16-8-3-9-17-14/h1-9H,(H,18,19). The predicted molar refractivity (Wildman–Crippen MR) is 71.9 cm³/mol. The summed E-state index contributed by atoms with van der Waals surface area (Å²) in [4.78, 5) is 19.7. The Kier molecular flexibility index (Phi) is 2.68. The lowest BCUT2D eigenvalue weighted by atomic mass is 9.99. The monoisotopic (exact) mass is 250 g/mol. The summed E-state index contributed by atoms with van der Waals surface area (Å²) in [6.07, 6.45) is 3.34. The van der Waals surface area contributed by atoms with E-state index >= 15 is 0 Å². The van der Waals surface area contributed by atoms with Gasteiger partial charge in [0, 0.05) is 18.0 Å². The Labute approximate surface area is 109 Å². The highest BCUT2D eigenvalue weighted by Gasteiger charge is 2.11. The smallest absolute Gasteiger partial charge is 0.336 e. The molecule has 0 spiro atoms. The Morgan fingerprint density at radius 1 is 0.895 bits per heavy atom. The summed E-state index contributed by atoms with van der Waals surface area (Å²) < 4.78 is 0. The summed E-state index contributed by atoms with van der Waals surface area (Å²) >= 11 is 0. The Hall–Kier alpha value is -2.75. The van der Waals surface area contributed by atoms with E-state index in [1.807, 2.05) is 18.2 Å². The first-order valence-electron chi connectivity index (χ1n) is 5.80. The van der Waals surface area contributed by atoms with Crippen LogP contribution in [0.3, 0.4) is 0 Å². The van der Waals surface area contributed by atoms with Crippen molar-refractivity contribution >= 4 is 16.7 Å². The van der Waals surface area contributed by atoms with E-state index in [1.54, 1.807) is 36.7 Å². The Bertz CT molecular complexity index is 754. The molecule has 0 aliphatic heterocycles. The van der Waals surface area contributed by atoms with Crippen LogP contribution in [0.1, 0.15) is 10.4 Å². The number of carboxylic acid groups (broad SMARTS) is 1. The van der Waals surface area contributed by atoms with Crippen molar-refractivity contribution in [1.82, 2.24) is 9.97 Å². The van der Waals surface area contributed by atoms with Crippen LogP contribution in [0.25, 0.3) is 22.2 Å². The molecule has 4 nitrogen and oxygen atoms in total. The van der Waals surface area contributed by atoms with Crippen LogP contribution in [-0.4, -0.2) is 21.0 Å². The molecular weight excluding hydrogens is 240 g/mol. The van der Waals surface area contributed by atoms with Gasteiger partial charge >= 0.3 is 5.97 Å². The molecular formula is C15H10N2O2. The third-order valence-corrected chi connectivity index (χ3v) is 2.96. The van der Waals surface area contributed by atoms with E-state index in [4.69, 9.17) is 0 Å². The van der Waals surface area contributed by atoms with Gasteiger partial charge < -0.3 is 5.11 Å². The fraction of sp³-hybridized carbons (Fsp3) is 0. The molecule has 0 radical (unpaired) electrons. The number of aromatic nitrogens is 2. The Morgan fingerprint density at radius 3 is 2.32 bits per heavy atom. The zero-order valence-corrected chi connectivity index (χ0v) is 9.95. The molecule has 0 bridgehead atoms. The molecule has 1 aromatic heterocycles. The second kappa shape index (κ2) is 4.49. The molecule has 0 fully saturated rings. The lowest BCUT2D eigenvalue weighted by molar-refractivity contribution is 0.0699. The minimum atomic E-state index is -0.934. The van der Waals surface area contributed by atoms with Crippen molar-refractivity contribution in [1.29, 1.82) is 0 Å². The molecule has 0 saturated carbocycles. The summed E-state index contributed by atoms with van der Waals surface area (Å²) in [7, 11) is 0. The second-order valence-electron chi connectivity index (χ2n) is 4.08. The molecule has 19 heavy (non-hydrogen) atoms. The van der Waals surface area contributed by atoms with E-state index in [2.05, 4.69) is 9.97 Å². The Balaban J connectivity index is 2.34. The van der Waals surface area contributed by atoms with Gasteiger partial charge in [-0.2, -0.15) is 0 Å². The summed E-state index contributed by atoms with van der Waals surface area (Å²) in [6.45, 7) is 0. The Morgan fingerprint density at radius 2 is 1.58 bits per heavy atom. The van der Waals surface area contributed by atoms with Gasteiger partial charge in [-0.25, -0.2) is 14.8 Å². The topological polar surface area (TPSA) is 63.1 Å². The molecule has 0 aliphatic carbocycles. The fourth-order valence-electron chi connectivity index (χ4n) is 2.13. The van der Waals surface area contributed by atoms with Crippen molar-refractivity contribution in [3.8, 4) is 11.4 Å². The number of benzene rings is 2. The lowest BCUT2D eigenvalue weighted by Gasteiger charge is -2.07.